The van der Waals surface area contributed by atoms with Crippen molar-refractivity contribution < 1.29 is 14.7 Å². The van der Waals surface area contributed by atoms with Crippen LogP contribution >= 0.6 is 0 Å². The van der Waals surface area contributed by atoms with E-state index in [2.05, 4.69) is 10.2 Å². The third-order valence-electron chi connectivity index (χ3n) is 4.02. The molecule has 6 nitrogen and oxygen atoms in total. The van der Waals surface area contributed by atoms with Crippen molar-refractivity contribution in [1.29, 1.82) is 0 Å². The molecule has 0 radical (unpaired) electrons. The van der Waals surface area contributed by atoms with Gasteiger partial charge in [0.15, 0.2) is 0 Å². The van der Waals surface area contributed by atoms with Crippen LogP contribution in [0.1, 0.15) is 22.3 Å². The molecule has 2 heterocycles. The first-order chi connectivity index (χ1) is 9.58. The van der Waals surface area contributed by atoms with E-state index in [1.807, 2.05) is 25.1 Å². The number of carboxylic acid groups (broad SMARTS) is 1. The summed E-state index contributed by atoms with van der Waals surface area (Å²) >= 11 is 0. The highest BCUT2D eigenvalue weighted by molar-refractivity contribution is 6.03. The van der Waals surface area contributed by atoms with Gasteiger partial charge in [-0.3, -0.25) is 4.79 Å². The summed E-state index contributed by atoms with van der Waals surface area (Å²) in [5.41, 5.74) is 2.55. The highest BCUT2D eigenvalue weighted by Gasteiger charge is 2.34. The fourth-order valence-electron chi connectivity index (χ4n) is 2.97. The molecule has 1 saturated heterocycles. The first kappa shape index (κ1) is 12.8. The SMILES string of the molecule is Cc1cccc2c1C(=O)NC1CCN(C(=O)O)CCN21. The Labute approximate surface area is 117 Å². The largest absolute Gasteiger partial charge is 0.465 e. The van der Waals surface area contributed by atoms with Gasteiger partial charge in [0, 0.05) is 26.1 Å². The number of carbonyl (C=O) groups is 2. The monoisotopic (exact) mass is 275 g/mol. The minimum atomic E-state index is -0.902. The molecule has 6 heteroatoms. The average Bonchev–Trinajstić information content (AvgIpc) is 2.61. The molecule has 2 aliphatic heterocycles. The molecule has 2 aliphatic rings. The summed E-state index contributed by atoms with van der Waals surface area (Å²) in [6.45, 7) is 3.40. The molecule has 0 aliphatic carbocycles. The third kappa shape index (κ3) is 1.97. The zero-order chi connectivity index (χ0) is 14.3. The molecule has 2 N–H and O–H groups in total. The van der Waals surface area contributed by atoms with E-state index in [0.29, 0.717) is 31.6 Å². The van der Waals surface area contributed by atoms with Crippen LogP contribution in [0.3, 0.4) is 0 Å². The van der Waals surface area contributed by atoms with Gasteiger partial charge in [-0.05, 0) is 18.6 Å². The molecule has 3 rings (SSSR count). The van der Waals surface area contributed by atoms with Gasteiger partial charge in [0.25, 0.3) is 5.91 Å². The van der Waals surface area contributed by atoms with Crippen molar-refractivity contribution in [3.05, 3.63) is 29.3 Å². The Kier molecular flexibility index (Phi) is 3.00. The Hall–Kier alpha value is -2.24. The zero-order valence-electron chi connectivity index (χ0n) is 11.3. The zero-order valence-corrected chi connectivity index (χ0v) is 11.3. The molecule has 0 bridgehead atoms. The number of rotatable bonds is 0. The molecule has 20 heavy (non-hydrogen) atoms. The maximum atomic E-state index is 12.2. The van der Waals surface area contributed by atoms with Gasteiger partial charge in [-0.15, -0.1) is 0 Å². The summed E-state index contributed by atoms with van der Waals surface area (Å²) < 4.78 is 0. The minimum Gasteiger partial charge on any atom is -0.465 e. The van der Waals surface area contributed by atoms with Gasteiger partial charge in [0.2, 0.25) is 0 Å². The standard InChI is InChI=1S/C14H17N3O3/c1-9-3-2-4-10-12(9)13(18)15-11-5-6-16(14(19)20)7-8-17(10)11/h2-4,11H,5-8H2,1H3,(H,15,18)(H,19,20). The molecular formula is C14H17N3O3. The number of benzene rings is 1. The maximum Gasteiger partial charge on any atom is 0.407 e. The van der Waals surface area contributed by atoms with E-state index >= 15 is 0 Å². The van der Waals surface area contributed by atoms with Crippen molar-refractivity contribution in [3.63, 3.8) is 0 Å². The van der Waals surface area contributed by atoms with Crippen molar-refractivity contribution >= 4 is 17.7 Å². The lowest BCUT2D eigenvalue weighted by atomic mass is 10.0. The fraction of sp³-hybridized carbons (Fsp3) is 0.429. The van der Waals surface area contributed by atoms with E-state index in [9.17, 15) is 9.59 Å². The lowest BCUT2D eigenvalue weighted by Crippen LogP contribution is -2.53. The van der Waals surface area contributed by atoms with Crippen LogP contribution in [0.5, 0.6) is 0 Å². The molecular weight excluding hydrogens is 258 g/mol. The second kappa shape index (κ2) is 4.70. The molecule has 1 aromatic rings. The van der Waals surface area contributed by atoms with Gasteiger partial charge >= 0.3 is 6.09 Å². The number of fused-ring (bicyclic) bond motifs is 3. The topological polar surface area (TPSA) is 72.9 Å². The molecule has 0 aromatic heterocycles. The van der Waals surface area contributed by atoms with E-state index in [1.165, 1.54) is 4.90 Å². The van der Waals surface area contributed by atoms with E-state index < -0.39 is 6.09 Å². The summed E-state index contributed by atoms with van der Waals surface area (Å²) in [7, 11) is 0. The van der Waals surface area contributed by atoms with Gasteiger partial charge in [0.1, 0.15) is 6.17 Å². The number of amides is 2. The predicted octanol–water partition coefficient (Wildman–Crippen LogP) is 1.25. The van der Waals surface area contributed by atoms with Gasteiger partial charge in [-0.25, -0.2) is 4.79 Å². The van der Waals surface area contributed by atoms with Crippen LogP contribution in [0.4, 0.5) is 10.5 Å². The van der Waals surface area contributed by atoms with E-state index in [4.69, 9.17) is 5.11 Å². The highest BCUT2D eigenvalue weighted by atomic mass is 16.4. The quantitative estimate of drug-likeness (QED) is 0.747. The maximum absolute atomic E-state index is 12.2. The Morgan fingerprint density at radius 1 is 1.35 bits per heavy atom. The number of aryl methyl sites for hydroxylation is 1. The number of nitrogens with zero attached hydrogens (tertiary/aromatic N) is 2. The van der Waals surface area contributed by atoms with Gasteiger partial charge in [-0.2, -0.15) is 0 Å². The van der Waals surface area contributed by atoms with Crippen LogP contribution in [-0.2, 0) is 0 Å². The predicted molar refractivity (Wildman–Crippen MR) is 74.0 cm³/mol. The van der Waals surface area contributed by atoms with Gasteiger partial charge in [0.05, 0.1) is 11.3 Å². The summed E-state index contributed by atoms with van der Waals surface area (Å²) in [5, 5.41) is 12.1. The number of hydrogen-bond acceptors (Lipinski definition) is 3. The summed E-state index contributed by atoms with van der Waals surface area (Å²) in [6, 6.07) is 5.79. The average molecular weight is 275 g/mol. The fourth-order valence-corrected chi connectivity index (χ4v) is 2.97. The summed E-state index contributed by atoms with van der Waals surface area (Å²) in [6.07, 6.45) is -0.424. The molecule has 1 unspecified atom stereocenters. The van der Waals surface area contributed by atoms with E-state index in [1.54, 1.807) is 0 Å². The van der Waals surface area contributed by atoms with Crippen molar-refractivity contribution in [2.45, 2.75) is 19.5 Å². The van der Waals surface area contributed by atoms with Crippen LogP contribution < -0.4 is 10.2 Å². The van der Waals surface area contributed by atoms with Crippen molar-refractivity contribution in [3.8, 4) is 0 Å². The van der Waals surface area contributed by atoms with Crippen LogP contribution in [-0.4, -0.2) is 47.8 Å². The summed E-state index contributed by atoms with van der Waals surface area (Å²) in [5.74, 6) is -0.0666. The third-order valence-corrected chi connectivity index (χ3v) is 4.02. The second-order valence-corrected chi connectivity index (χ2v) is 5.21. The molecule has 106 valence electrons. The smallest absolute Gasteiger partial charge is 0.407 e. The lowest BCUT2D eigenvalue weighted by Gasteiger charge is -2.38. The highest BCUT2D eigenvalue weighted by Crippen LogP contribution is 2.30. The number of nitrogens with one attached hydrogen (secondary N) is 1. The first-order valence-corrected chi connectivity index (χ1v) is 6.73. The van der Waals surface area contributed by atoms with Crippen molar-refractivity contribution in [2.24, 2.45) is 0 Å². The second-order valence-electron chi connectivity index (χ2n) is 5.21. The Morgan fingerprint density at radius 3 is 2.90 bits per heavy atom. The molecule has 0 spiro atoms. The van der Waals surface area contributed by atoms with Gasteiger partial charge in [-0.1, -0.05) is 12.1 Å². The van der Waals surface area contributed by atoms with E-state index in [-0.39, 0.29) is 12.1 Å². The van der Waals surface area contributed by atoms with Gasteiger partial charge < -0.3 is 20.2 Å². The lowest BCUT2D eigenvalue weighted by molar-refractivity contribution is 0.0925. The van der Waals surface area contributed by atoms with Crippen molar-refractivity contribution in [1.82, 2.24) is 10.2 Å². The Balaban J connectivity index is 1.96. The van der Waals surface area contributed by atoms with Crippen LogP contribution in [0, 0.1) is 6.92 Å². The number of hydrogen-bond donors (Lipinski definition) is 2. The Morgan fingerprint density at radius 2 is 2.15 bits per heavy atom. The molecule has 1 fully saturated rings. The summed E-state index contributed by atoms with van der Waals surface area (Å²) in [4.78, 5) is 26.8. The van der Waals surface area contributed by atoms with E-state index in [0.717, 1.165) is 11.3 Å². The number of carbonyl (C=O) groups excluding carboxylic acids is 1. The Bertz CT molecular complexity index is 573. The molecule has 1 atom stereocenters. The minimum absolute atomic E-state index is 0.0666. The molecule has 2 amide bonds. The molecule has 0 saturated carbocycles. The van der Waals surface area contributed by atoms with Crippen LogP contribution in [0.2, 0.25) is 0 Å². The van der Waals surface area contributed by atoms with Crippen LogP contribution in [0.25, 0.3) is 0 Å². The first-order valence-electron chi connectivity index (χ1n) is 6.73. The van der Waals surface area contributed by atoms with Crippen molar-refractivity contribution in [2.75, 3.05) is 24.5 Å². The normalized spacial score (nSPS) is 21.6. The van der Waals surface area contributed by atoms with Crippen LogP contribution in [0.15, 0.2) is 18.2 Å². The number of anilines is 1. The molecule has 1 aromatic carbocycles.